The Morgan fingerprint density at radius 2 is 1.77 bits per heavy atom. The van der Waals surface area contributed by atoms with Gasteiger partial charge in [0.15, 0.2) is 5.15 Å². The number of imidazole rings is 1. The first-order valence-electron chi connectivity index (χ1n) is 9.50. The predicted molar refractivity (Wildman–Crippen MR) is 117 cm³/mol. The summed E-state index contributed by atoms with van der Waals surface area (Å²) in [6, 6.07) is 16.7. The Morgan fingerprint density at radius 1 is 0.968 bits per heavy atom. The topological polar surface area (TPSA) is 83.6 Å². The number of halogens is 2. The third-order valence-corrected chi connectivity index (χ3v) is 5.20. The van der Waals surface area contributed by atoms with Gasteiger partial charge in [0, 0.05) is 17.7 Å². The van der Waals surface area contributed by atoms with Crippen LogP contribution >= 0.6 is 11.6 Å². The third kappa shape index (κ3) is 3.83. The van der Waals surface area contributed by atoms with Crippen molar-refractivity contribution in [2.45, 2.75) is 6.54 Å². The van der Waals surface area contributed by atoms with Crippen molar-refractivity contribution < 1.29 is 9.18 Å². The molecule has 2 heterocycles. The number of rotatable bonds is 4. The monoisotopic (exact) mass is 431 g/mol. The molecule has 1 amide bonds. The van der Waals surface area contributed by atoms with Gasteiger partial charge in [-0.25, -0.2) is 19.3 Å². The van der Waals surface area contributed by atoms with Crippen LogP contribution in [-0.4, -0.2) is 25.8 Å². The first kappa shape index (κ1) is 19.1. The van der Waals surface area contributed by atoms with Gasteiger partial charge in [0.05, 0.1) is 28.4 Å². The van der Waals surface area contributed by atoms with Crippen LogP contribution in [0, 0.1) is 5.82 Å². The number of hydrogen-bond acceptors (Lipinski definition) is 4. The Hall–Kier alpha value is -3.84. The standard InChI is InChI=1S/C23H15ClFN5O/c24-22-21(14-2-5-16(25)6-3-14)29-20-10-15(4-8-18(20)30-22)23(31)26-11-13-1-7-17-19(9-13)28-12-27-17/h1-10,12H,11H2,(H,26,31)(H,27,28). The third-order valence-electron chi connectivity index (χ3n) is 4.94. The van der Waals surface area contributed by atoms with E-state index < -0.39 is 0 Å². The van der Waals surface area contributed by atoms with E-state index in [1.807, 2.05) is 18.2 Å². The van der Waals surface area contributed by atoms with Gasteiger partial charge < -0.3 is 10.3 Å². The normalized spacial score (nSPS) is 11.2. The highest BCUT2D eigenvalue weighted by atomic mass is 35.5. The molecule has 5 aromatic rings. The van der Waals surface area contributed by atoms with Gasteiger partial charge in [0.25, 0.3) is 5.91 Å². The molecule has 0 saturated heterocycles. The molecule has 6 nitrogen and oxygen atoms in total. The first-order valence-corrected chi connectivity index (χ1v) is 9.88. The van der Waals surface area contributed by atoms with Gasteiger partial charge in [-0.2, -0.15) is 0 Å². The van der Waals surface area contributed by atoms with Crippen molar-refractivity contribution >= 4 is 39.6 Å². The van der Waals surface area contributed by atoms with Crippen molar-refractivity contribution in [1.82, 2.24) is 25.3 Å². The van der Waals surface area contributed by atoms with Crippen molar-refractivity contribution in [3.63, 3.8) is 0 Å². The van der Waals surface area contributed by atoms with Crippen LogP contribution in [-0.2, 0) is 6.54 Å². The fourth-order valence-electron chi connectivity index (χ4n) is 3.34. The van der Waals surface area contributed by atoms with E-state index in [2.05, 4.69) is 25.3 Å². The van der Waals surface area contributed by atoms with E-state index in [1.54, 1.807) is 36.7 Å². The fourth-order valence-corrected chi connectivity index (χ4v) is 3.58. The van der Waals surface area contributed by atoms with Gasteiger partial charge in [-0.15, -0.1) is 0 Å². The first-order chi connectivity index (χ1) is 15.1. The molecule has 2 N–H and O–H groups in total. The number of carbonyl (C=O) groups excluding carboxylic acids is 1. The van der Waals surface area contributed by atoms with Crippen molar-refractivity contribution in [2.75, 3.05) is 0 Å². The second kappa shape index (κ2) is 7.77. The largest absolute Gasteiger partial charge is 0.348 e. The van der Waals surface area contributed by atoms with Crippen LogP contribution in [0.3, 0.4) is 0 Å². The number of aromatic amines is 1. The summed E-state index contributed by atoms with van der Waals surface area (Å²) in [7, 11) is 0. The molecule has 0 unspecified atom stereocenters. The molecule has 152 valence electrons. The SMILES string of the molecule is O=C(NCc1ccc2nc[nH]c2c1)c1ccc2nc(Cl)c(-c3ccc(F)cc3)nc2c1. The summed E-state index contributed by atoms with van der Waals surface area (Å²) in [5, 5.41) is 3.13. The Morgan fingerprint density at radius 3 is 2.61 bits per heavy atom. The lowest BCUT2D eigenvalue weighted by Crippen LogP contribution is -2.22. The average Bonchev–Trinajstić information content (AvgIpc) is 3.25. The smallest absolute Gasteiger partial charge is 0.251 e. The molecule has 8 heteroatoms. The highest BCUT2D eigenvalue weighted by Crippen LogP contribution is 2.27. The van der Waals surface area contributed by atoms with Crippen LogP contribution in [0.15, 0.2) is 67.0 Å². The molecule has 0 saturated carbocycles. The molecule has 0 atom stereocenters. The maximum Gasteiger partial charge on any atom is 0.251 e. The lowest BCUT2D eigenvalue weighted by Gasteiger charge is -2.08. The minimum atomic E-state index is -0.348. The van der Waals surface area contributed by atoms with Crippen molar-refractivity contribution in [3.05, 3.63) is 89.1 Å². The van der Waals surface area contributed by atoms with Crippen molar-refractivity contribution in [3.8, 4) is 11.3 Å². The molecule has 0 spiro atoms. The average molecular weight is 432 g/mol. The summed E-state index contributed by atoms with van der Waals surface area (Å²) in [4.78, 5) is 28.8. The highest BCUT2D eigenvalue weighted by molar-refractivity contribution is 6.32. The molecular formula is C23H15ClFN5O. The fraction of sp³-hybridized carbons (Fsp3) is 0.0435. The molecule has 0 aliphatic heterocycles. The number of amides is 1. The van der Waals surface area contributed by atoms with Crippen LogP contribution in [0.5, 0.6) is 0 Å². The number of nitrogens with zero attached hydrogens (tertiary/aromatic N) is 3. The van der Waals surface area contributed by atoms with E-state index in [0.717, 1.165) is 16.6 Å². The Labute approximate surface area is 181 Å². The summed E-state index contributed by atoms with van der Waals surface area (Å²) in [5.41, 5.74) is 5.36. The van der Waals surface area contributed by atoms with Gasteiger partial charge in [0.1, 0.15) is 11.5 Å². The maximum absolute atomic E-state index is 13.2. The van der Waals surface area contributed by atoms with Gasteiger partial charge >= 0.3 is 0 Å². The molecule has 0 radical (unpaired) electrons. The molecule has 3 aromatic carbocycles. The lowest BCUT2D eigenvalue weighted by molar-refractivity contribution is 0.0951. The van der Waals surface area contributed by atoms with E-state index in [0.29, 0.717) is 34.4 Å². The summed E-state index contributed by atoms with van der Waals surface area (Å²) in [6.45, 7) is 0.374. The van der Waals surface area contributed by atoms with Gasteiger partial charge in [-0.05, 0) is 60.2 Å². The van der Waals surface area contributed by atoms with Crippen molar-refractivity contribution in [1.29, 1.82) is 0 Å². The van der Waals surface area contributed by atoms with E-state index in [9.17, 15) is 9.18 Å². The predicted octanol–water partition coefficient (Wildman–Crippen LogP) is 4.90. The van der Waals surface area contributed by atoms with Crippen LogP contribution in [0.1, 0.15) is 15.9 Å². The van der Waals surface area contributed by atoms with Crippen LogP contribution in [0.25, 0.3) is 33.3 Å². The van der Waals surface area contributed by atoms with Crippen molar-refractivity contribution in [2.24, 2.45) is 0 Å². The molecule has 0 fully saturated rings. The van der Waals surface area contributed by atoms with Crippen LogP contribution in [0.2, 0.25) is 5.15 Å². The summed E-state index contributed by atoms with van der Waals surface area (Å²) < 4.78 is 13.2. The Balaban J connectivity index is 1.40. The molecule has 2 aromatic heterocycles. The number of fused-ring (bicyclic) bond motifs is 2. The zero-order valence-electron chi connectivity index (χ0n) is 16.1. The van der Waals surface area contributed by atoms with E-state index >= 15 is 0 Å². The van der Waals surface area contributed by atoms with Gasteiger partial charge in [-0.1, -0.05) is 17.7 Å². The summed E-state index contributed by atoms with van der Waals surface area (Å²) in [6.07, 6.45) is 1.63. The molecular weight excluding hydrogens is 417 g/mol. The zero-order chi connectivity index (χ0) is 21.4. The second-order valence-corrected chi connectivity index (χ2v) is 7.37. The lowest BCUT2D eigenvalue weighted by atomic mass is 10.1. The minimum Gasteiger partial charge on any atom is -0.348 e. The van der Waals surface area contributed by atoms with Crippen LogP contribution < -0.4 is 5.32 Å². The second-order valence-electron chi connectivity index (χ2n) is 7.01. The zero-order valence-corrected chi connectivity index (χ0v) is 16.8. The Kier molecular flexibility index (Phi) is 4.80. The van der Waals surface area contributed by atoms with Crippen LogP contribution in [0.4, 0.5) is 4.39 Å². The molecule has 0 bridgehead atoms. The van der Waals surface area contributed by atoms with Gasteiger partial charge in [0.2, 0.25) is 0 Å². The quantitative estimate of drug-likeness (QED) is 0.424. The molecule has 31 heavy (non-hydrogen) atoms. The molecule has 0 aliphatic rings. The van der Waals surface area contributed by atoms with Gasteiger partial charge in [-0.3, -0.25) is 4.79 Å². The van der Waals surface area contributed by atoms with E-state index in [4.69, 9.17) is 11.6 Å². The number of benzene rings is 3. The van der Waals surface area contributed by atoms with E-state index in [-0.39, 0.29) is 16.9 Å². The number of aromatic nitrogens is 4. The molecule has 5 rings (SSSR count). The number of hydrogen-bond donors (Lipinski definition) is 2. The number of nitrogens with one attached hydrogen (secondary N) is 2. The summed E-state index contributed by atoms with van der Waals surface area (Å²) >= 11 is 6.28. The summed E-state index contributed by atoms with van der Waals surface area (Å²) in [5.74, 6) is -0.578. The molecule has 0 aliphatic carbocycles. The Bertz CT molecular complexity index is 1430. The minimum absolute atomic E-state index is 0.213. The number of carbonyl (C=O) groups is 1. The number of H-pyrrole nitrogens is 1. The van der Waals surface area contributed by atoms with E-state index in [1.165, 1.54) is 12.1 Å². The highest BCUT2D eigenvalue weighted by Gasteiger charge is 2.12. The maximum atomic E-state index is 13.2.